The van der Waals surface area contributed by atoms with Crippen molar-refractivity contribution >= 4 is 23.2 Å². The molecule has 0 atom stereocenters. The zero-order chi connectivity index (χ0) is 9.14. The SMILES string of the molecule is CC(=O)Nc1cnc(Cl)cc1C. The molecule has 0 aromatic carbocycles. The predicted octanol–water partition coefficient (Wildman–Crippen LogP) is 2.00. The Morgan fingerprint density at radius 3 is 2.83 bits per heavy atom. The third kappa shape index (κ3) is 2.20. The Bertz CT molecular complexity index is 312. The molecule has 0 bridgehead atoms. The van der Waals surface area contributed by atoms with Gasteiger partial charge in [-0.1, -0.05) is 11.6 Å². The van der Waals surface area contributed by atoms with Crippen molar-refractivity contribution in [2.45, 2.75) is 13.8 Å². The molecular weight excluding hydrogens is 176 g/mol. The summed E-state index contributed by atoms with van der Waals surface area (Å²) in [6.45, 7) is 3.31. The molecule has 1 rings (SSSR count). The molecule has 0 radical (unpaired) electrons. The highest BCUT2D eigenvalue weighted by Gasteiger charge is 2.00. The molecule has 0 aliphatic rings. The minimum absolute atomic E-state index is 0.109. The fourth-order valence-electron chi connectivity index (χ4n) is 0.842. The van der Waals surface area contributed by atoms with Crippen LogP contribution >= 0.6 is 11.6 Å². The largest absolute Gasteiger partial charge is 0.325 e. The van der Waals surface area contributed by atoms with Gasteiger partial charge in [0.15, 0.2) is 0 Å². The number of anilines is 1. The summed E-state index contributed by atoms with van der Waals surface area (Å²) in [5, 5.41) is 3.07. The van der Waals surface area contributed by atoms with Gasteiger partial charge in [-0.2, -0.15) is 0 Å². The van der Waals surface area contributed by atoms with E-state index in [2.05, 4.69) is 10.3 Å². The molecule has 64 valence electrons. The molecule has 12 heavy (non-hydrogen) atoms. The minimum Gasteiger partial charge on any atom is -0.325 e. The Morgan fingerprint density at radius 1 is 1.67 bits per heavy atom. The van der Waals surface area contributed by atoms with Gasteiger partial charge in [0, 0.05) is 6.92 Å². The average molecular weight is 185 g/mol. The Labute approximate surface area is 75.8 Å². The normalized spacial score (nSPS) is 9.58. The van der Waals surface area contributed by atoms with E-state index >= 15 is 0 Å². The van der Waals surface area contributed by atoms with E-state index in [-0.39, 0.29) is 5.91 Å². The first-order valence-corrected chi connectivity index (χ1v) is 3.87. The average Bonchev–Trinajstić information content (AvgIpc) is 1.94. The Kier molecular flexibility index (Phi) is 2.65. The fraction of sp³-hybridized carbons (Fsp3) is 0.250. The highest BCUT2D eigenvalue weighted by atomic mass is 35.5. The number of aryl methyl sites for hydroxylation is 1. The van der Waals surface area contributed by atoms with Crippen LogP contribution in [-0.2, 0) is 4.79 Å². The number of rotatable bonds is 1. The molecule has 4 heteroatoms. The zero-order valence-corrected chi connectivity index (χ0v) is 7.64. The summed E-state index contributed by atoms with van der Waals surface area (Å²) in [6.07, 6.45) is 1.54. The number of pyridine rings is 1. The van der Waals surface area contributed by atoms with Crippen molar-refractivity contribution in [3.63, 3.8) is 0 Å². The lowest BCUT2D eigenvalue weighted by Crippen LogP contribution is -2.07. The number of carbonyl (C=O) groups excluding carboxylic acids is 1. The van der Waals surface area contributed by atoms with Crippen molar-refractivity contribution in [1.29, 1.82) is 0 Å². The van der Waals surface area contributed by atoms with Gasteiger partial charge in [0.05, 0.1) is 11.9 Å². The summed E-state index contributed by atoms with van der Waals surface area (Å²) in [5.74, 6) is -0.109. The van der Waals surface area contributed by atoms with Crippen LogP contribution in [0.4, 0.5) is 5.69 Å². The third-order valence-corrected chi connectivity index (χ3v) is 1.59. The van der Waals surface area contributed by atoms with E-state index in [4.69, 9.17) is 11.6 Å². The van der Waals surface area contributed by atoms with Crippen molar-refractivity contribution in [2.75, 3.05) is 5.32 Å². The van der Waals surface area contributed by atoms with E-state index in [1.807, 2.05) is 6.92 Å². The van der Waals surface area contributed by atoms with Crippen molar-refractivity contribution in [3.8, 4) is 0 Å². The molecule has 1 N–H and O–H groups in total. The fourth-order valence-corrected chi connectivity index (χ4v) is 1.05. The molecule has 0 aliphatic carbocycles. The van der Waals surface area contributed by atoms with Gasteiger partial charge in [-0.15, -0.1) is 0 Å². The molecule has 1 aromatic heterocycles. The van der Waals surface area contributed by atoms with Crippen molar-refractivity contribution in [3.05, 3.63) is 23.0 Å². The first-order chi connectivity index (χ1) is 5.59. The monoisotopic (exact) mass is 184 g/mol. The Morgan fingerprint density at radius 2 is 2.33 bits per heavy atom. The first-order valence-electron chi connectivity index (χ1n) is 3.49. The van der Waals surface area contributed by atoms with E-state index in [9.17, 15) is 4.79 Å². The topological polar surface area (TPSA) is 42.0 Å². The standard InChI is InChI=1S/C8H9ClN2O/c1-5-3-8(9)10-4-7(5)11-6(2)12/h3-4H,1-2H3,(H,11,12). The Balaban J connectivity index is 2.93. The van der Waals surface area contributed by atoms with Crippen LogP contribution in [0.25, 0.3) is 0 Å². The van der Waals surface area contributed by atoms with Crippen LogP contribution in [0.1, 0.15) is 12.5 Å². The molecule has 0 saturated heterocycles. The summed E-state index contributed by atoms with van der Waals surface area (Å²) < 4.78 is 0. The van der Waals surface area contributed by atoms with Crippen LogP contribution in [0.15, 0.2) is 12.3 Å². The van der Waals surface area contributed by atoms with E-state index < -0.39 is 0 Å². The first kappa shape index (κ1) is 9.00. The van der Waals surface area contributed by atoms with Gasteiger partial charge in [-0.25, -0.2) is 4.98 Å². The number of amides is 1. The van der Waals surface area contributed by atoms with Crippen LogP contribution in [0.3, 0.4) is 0 Å². The number of hydrogen-bond donors (Lipinski definition) is 1. The quantitative estimate of drug-likeness (QED) is 0.679. The Hall–Kier alpha value is -1.09. The summed E-state index contributed by atoms with van der Waals surface area (Å²) in [5.41, 5.74) is 1.61. The molecule has 0 unspecified atom stereocenters. The lowest BCUT2D eigenvalue weighted by atomic mass is 10.2. The van der Waals surface area contributed by atoms with Gasteiger partial charge in [-0.3, -0.25) is 4.79 Å². The minimum atomic E-state index is -0.109. The highest BCUT2D eigenvalue weighted by molar-refractivity contribution is 6.29. The van der Waals surface area contributed by atoms with E-state index in [1.165, 1.54) is 6.92 Å². The molecular formula is C8H9ClN2O. The van der Waals surface area contributed by atoms with E-state index in [0.29, 0.717) is 10.8 Å². The molecule has 0 aliphatic heterocycles. The second kappa shape index (κ2) is 3.54. The summed E-state index contributed by atoms with van der Waals surface area (Å²) >= 11 is 5.63. The molecule has 0 spiro atoms. The van der Waals surface area contributed by atoms with Gasteiger partial charge >= 0.3 is 0 Å². The van der Waals surface area contributed by atoms with E-state index in [0.717, 1.165) is 5.56 Å². The predicted molar refractivity (Wildman–Crippen MR) is 48.3 cm³/mol. The van der Waals surface area contributed by atoms with E-state index in [1.54, 1.807) is 12.3 Å². The molecule has 0 saturated carbocycles. The van der Waals surface area contributed by atoms with Crippen LogP contribution in [0, 0.1) is 6.92 Å². The van der Waals surface area contributed by atoms with Gasteiger partial charge in [0.1, 0.15) is 5.15 Å². The van der Waals surface area contributed by atoms with Crippen LogP contribution < -0.4 is 5.32 Å². The maximum atomic E-state index is 10.7. The molecule has 1 aromatic rings. The number of halogens is 1. The van der Waals surface area contributed by atoms with Gasteiger partial charge in [0.2, 0.25) is 5.91 Å². The number of aromatic nitrogens is 1. The molecule has 0 fully saturated rings. The number of nitrogens with zero attached hydrogens (tertiary/aromatic N) is 1. The van der Waals surface area contributed by atoms with Crippen molar-refractivity contribution in [1.82, 2.24) is 4.98 Å². The third-order valence-electron chi connectivity index (χ3n) is 1.39. The lowest BCUT2D eigenvalue weighted by Gasteiger charge is -2.04. The van der Waals surface area contributed by atoms with Crippen molar-refractivity contribution < 1.29 is 4.79 Å². The van der Waals surface area contributed by atoms with Gasteiger partial charge in [0.25, 0.3) is 0 Å². The number of hydrogen-bond acceptors (Lipinski definition) is 2. The van der Waals surface area contributed by atoms with Gasteiger partial charge < -0.3 is 5.32 Å². The maximum Gasteiger partial charge on any atom is 0.221 e. The molecule has 3 nitrogen and oxygen atoms in total. The van der Waals surface area contributed by atoms with Crippen molar-refractivity contribution in [2.24, 2.45) is 0 Å². The van der Waals surface area contributed by atoms with Crippen LogP contribution in [-0.4, -0.2) is 10.9 Å². The van der Waals surface area contributed by atoms with Crippen LogP contribution in [0.2, 0.25) is 5.15 Å². The second-order valence-electron chi connectivity index (χ2n) is 2.50. The zero-order valence-electron chi connectivity index (χ0n) is 6.89. The lowest BCUT2D eigenvalue weighted by molar-refractivity contribution is -0.114. The summed E-state index contributed by atoms with van der Waals surface area (Å²) in [6, 6.07) is 1.70. The number of nitrogens with one attached hydrogen (secondary N) is 1. The second-order valence-corrected chi connectivity index (χ2v) is 2.89. The molecule has 1 amide bonds. The molecule has 1 heterocycles. The number of carbonyl (C=O) groups is 1. The highest BCUT2D eigenvalue weighted by Crippen LogP contribution is 2.16. The van der Waals surface area contributed by atoms with Gasteiger partial charge in [-0.05, 0) is 18.6 Å². The van der Waals surface area contributed by atoms with Crippen LogP contribution in [0.5, 0.6) is 0 Å². The summed E-state index contributed by atoms with van der Waals surface area (Å²) in [7, 11) is 0. The summed E-state index contributed by atoms with van der Waals surface area (Å²) in [4.78, 5) is 14.5. The smallest absolute Gasteiger partial charge is 0.221 e. The maximum absolute atomic E-state index is 10.7.